The molecule has 10 heteroatoms. The Kier molecular flexibility index (Phi) is 6.63. The van der Waals surface area contributed by atoms with E-state index in [1.807, 2.05) is 18.2 Å². The van der Waals surface area contributed by atoms with Gasteiger partial charge in [-0.05, 0) is 42.7 Å². The number of amidine groups is 1. The molecule has 2 aromatic carbocycles. The first-order valence-corrected chi connectivity index (χ1v) is 11.7. The van der Waals surface area contributed by atoms with Crippen LogP contribution in [-0.2, 0) is 0 Å². The van der Waals surface area contributed by atoms with E-state index in [1.54, 1.807) is 12.1 Å². The predicted molar refractivity (Wildman–Crippen MR) is 127 cm³/mol. The molecule has 1 saturated heterocycles. The van der Waals surface area contributed by atoms with Crippen molar-refractivity contribution in [2.24, 2.45) is 4.99 Å². The van der Waals surface area contributed by atoms with E-state index in [0.717, 1.165) is 49.3 Å². The third-order valence-electron chi connectivity index (χ3n) is 6.36. The number of benzene rings is 2. The molecule has 3 aromatic rings. The smallest absolute Gasteiger partial charge is 0.281 e. The number of aromatic nitrogens is 2. The van der Waals surface area contributed by atoms with Gasteiger partial charge in [-0.3, -0.25) is 5.01 Å². The second-order valence-corrected chi connectivity index (χ2v) is 8.66. The number of rotatable bonds is 6. The highest BCUT2D eigenvalue weighted by Gasteiger charge is 2.32. The van der Waals surface area contributed by atoms with Gasteiger partial charge in [0.05, 0.1) is 19.1 Å². The van der Waals surface area contributed by atoms with E-state index in [4.69, 9.17) is 9.73 Å². The average Bonchev–Trinajstić information content (AvgIpc) is 3.48. The molecule has 35 heavy (non-hydrogen) atoms. The van der Waals surface area contributed by atoms with Crippen LogP contribution in [0.5, 0.6) is 5.75 Å². The van der Waals surface area contributed by atoms with Crippen molar-refractivity contribution < 1.29 is 17.9 Å². The molecule has 3 heterocycles. The number of fused-ring (bicyclic) bond motifs is 1. The molecular formula is C25H27F3N6O. The number of imidazole rings is 1. The fraction of sp³-hybridized carbons (Fsp3) is 0.360. The van der Waals surface area contributed by atoms with E-state index in [0.29, 0.717) is 11.4 Å². The van der Waals surface area contributed by atoms with Crippen molar-refractivity contribution >= 4 is 11.5 Å². The zero-order valence-corrected chi connectivity index (χ0v) is 19.3. The molecule has 2 aliphatic rings. The number of methoxy groups -OCH3 is 1. The third kappa shape index (κ3) is 4.97. The van der Waals surface area contributed by atoms with Crippen LogP contribution in [0.4, 0.5) is 18.9 Å². The van der Waals surface area contributed by atoms with Crippen LogP contribution in [0.25, 0.3) is 5.69 Å². The normalized spacial score (nSPS) is 20.3. The summed E-state index contributed by atoms with van der Waals surface area (Å²) in [5.74, 6) is 1.28. The summed E-state index contributed by atoms with van der Waals surface area (Å²) < 4.78 is 46.4. The van der Waals surface area contributed by atoms with Gasteiger partial charge in [0.25, 0.3) is 6.43 Å². The van der Waals surface area contributed by atoms with Gasteiger partial charge < -0.3 is 14.6 Å². The second kappa shape index (κ2) is 9.99. The molecular weight excluding hydrogens is 457 g/mol. The minimum absolute atomic E-state index is 0.0809. The summed E-state index contributed by atoms with van der Waals surface area (Å²) >= 11 is 0. The maximum absolute atomic E-state index is 13.5. The molecule has 1 fully saturated rings. The van der Waals surface area contributed by atoms with Gasteiger partial charge in [0.2, 0.25) is 0 Å². The first kappa shape index (κ1) is 23.2. The molecule has 0 radical (unpaired) electrons. The van der Waals surface area contributed by atoms with Gasteiger partial charge in [-0.1, -0.05) is 25.0 Å². The molecule has 2 N–H and O–H groups in total. The van der Waals surface area contributed by atoms with Crippen LogP contribution >= 0.6 is 0 Å². The standard InChI is InChI=1S/C25H27F3N6O/c1-35-22-13-18(10-11-21(22)33-14-20(23(27)28)29-15-33)30-25-31-24-19(16-6-8-17(26)9-7-16)5-3-2-4-12-34(24)32-25/h6-11,13-15,19,23,25,30,32H,2-5,12H2,1H3. The Balaban J connectivity index is 1.37. The third-order valence-corrected chi connectivity index (χ3v) is 6.36. The van der Waals surface area contributed by atoms with Crippen LogP contribution in [0.2, 0.25) is 0 Å². The lowest BCUT2D eigenvalue weighted by atomic mass is 9.90. The van der Waals surface area contributed by atoms with Crippen molar-refractivity contribution in [3.63, 3.8) is 0 Å². The van der Waals surface area contributed by atoms with Gasteiger partial charge in [0.1, 0.15) is 23.1 Å². The van der Waals surface area contributed by atoms with Crippen molar-refractivity contribution in [3.8, 4) is 11.4 Å². The van der Waals surface area contributed by atoms with E-state index >= 15 is 0 Å². The number of hydrogen-bond donors (Lipinski definition) is 2. The molecule has 2 aliphatic heterocycles. The number of halogens is 3. The molecule has 2 atom stereocenters. The molecule has 0 aliphatic carbocycles. The zero-order valence-electron chi connectivity index (χ0n) is 19.3. The number of nitrogens with one attached hydrogen (secondary N) is 2. The Morgan fingerprint density at radius 2 is 1.94 bits per heavy atom. The summed E-state index contributed by atoms with van der Waals surface area (Å²) in [7, 11) is 1.53. The largest absolute Gasteiger partial charge is 0.494 e. The van der Waals surface area contributed by atoms with E-state index in [1.165, 1.54) is 36.3 Å². The lowest BCUT2D eigenvalue weighted by Gasteiger charge is -2.29. The molecule has 0 saturated carbocycles. The number of anilines is 1. The Morgan fingerprint density at radius 3 is 2.69 bits per heavy atom. The predicted octanol–water partition coefficient (Wildman–Crippen LogP) is 5.23. The summed E-state index contributed by atoms with van der Waals surface area (Å²) in [6.07, 6.45) is 3.83. The monoisotopic (exact) mass is 484 g/mol. The zero-order chi connectivity index (χ0) is 24.4. The highest BCUT2D eigenvalue weighted by atomic mass is 19.3. The van der Waals surface area contributed by atoms with Crippen LogP contribution < -0.4 is 15.5 Å². The van der Waals surface area contributed by atoms with Gasteiger partial charge in [-0.15, -0.1) is 0 Å². The molecule has 184 valence electrons. The minimum atomic E-state index is -2.64. The quantitative estimate of drug-likeness (QED) is 0.502. The maximum atomic E-state index is 13.5. The molecule has 2 unspecified atom stereocenters. The van der Waals surface area contributed by atoms with Crippen LogP contribution in [0.3, 0.4) is 0 Å². The number of ether oxygens (including phenoxy) is 1. The SMILES string of the molecule is COc1cc(NC2N=C3C(c4ccc(F)cc4)CCCCCN3N2)ccc1-n1cnc(C(F)F)c1. The minimum Gasteiger partial charge on any atom is -0.494 e. The number of alkyl halides is 2. The molecule has 1 aromatic heterocycles. The highest BCUT2D eigenvalue weighted by molar-refractivity contribution is 5.90. The van der Waals surface area contributed by atoms with Crippen molar-refractivity contribution in [2.75, 3.05) is 19.0 Å². The summed E-state index contributed by atoms with van der Waals surface area (Å²) in [6, 6.07) is 12.1. The number of aliphatic imine (C=N–C) groups is 1. The summed E-state index contributed by atoms with van der Waals surface area (Å²) in [6.45, 7) is 0.837. The lowest BCUT2D eigenvalue weighted by Crippen LogP contribution is -2.45. The fourth-order valence-electron chi connectivity index (χ4n) is 4.62. The van der Waals surface area contributed by atoms with Gasteiger partial charge in [-0.25, -0.2) is 23.1 Å². The van der Waals surface area contributed by atoms with Crippen LogP contribution in [0.1, 0.15) is 49.3 Å². The molecule has 7 nitrogen and oxygen atoms in total. The number of nitrogens with zero attached hydrogens (tertiary/aromatic N) is 4. The summed E-state index contributed by atoms with van der Waals surface area (Å²) in [5, 5.41) is 5.46. The van der Waals surface area contributed by atoms with E-state index < -0.39 is 6.43 Å². The first-order chi connectivity index (χ1) is 17.0. The van der Waals surface area contributed by atoms with Gasteiger partial charge in [0, 0.05) is 30.4 Å². The van der Waals surface area contributed by atoms with E-state index in [9.17, 15) is 13.2 Å². The Morgan fingerprint density at radius 1 is 1.11 bits per heavy atom. The van der Waals surface area contributed by atoms with Crippen molar-refractivity contribution in [2.45, 2.75) is 44.3 Å². The summed E-state index contributed by atoms with van der Waals surface area (Å²) in [5.41, 5.74) is 5.54. The lowest BCUT2D eigenvalue weighted by molar-refractivity contribution is 0.146. The molecule has 0 amide bonds. The van der Waals surface area contributed by atoms with Crippen molar-refractivity contribution in [3.05, 3.63) is 72.1 Å². The maximum Gasteiger partial charge on any atom is 0.281 e. The van der Waals surface area contributed by atoms with Gasteiger partial charge in [-0.2, -0.15) is 5.43 Å². The Hall–Kier alpha value is -3.53. The van der Waals surface area contributed by atoms with Gasteiger partial charge >= 0.3 is 0 Å². The van der Waals surface area contributed by atoms with Gasteiger partial charge in [0.15, 0.2) is 6.29 Å². The fourth-order valence-corrected chi connectivity index (χ4v) is 4.62. The first-order valence-electron chi connectivity index (χ1n) is 11.7. The summed E-state index contributed by atoms with van der Waals surface area (Å²) in [4.78, 5) is 8.69. The second-order valence-electron chi connectivity index (χ2n) is 8.66. The molecule has 5 rings (SSSR count). The number of hydrazine groups is 1. The van der Waals surface area contributed by atoms with Crippen LogP contribution in [0.15, 0.2) is 60.0 Å². The Bertz CT molecular complexity index is 1200. The van der Waals surface area contributed by atoms with Crippen molar-refractivity contribution in [1.29, 1.82) is 0 Å². The van der Waals surface area contributed by atoms with Crippen molar-refractivity contribution in [1.82, 2.24) is 20.0 Å². The molecule has 0 bridgehead atoms. The molecule has 0 spiro atoms. The van der Waals surface area contributed by atoms with Crippen LogP contribution in [-0.4, -0.2) is 40.3 Å². The van der Waals surface area contributed by atoms with E-state index in [-0.39, 0.29) is 23.7 Å². The highest BCUT2D eigenvalue weighted by Crippen LogP contribution is 2.32. The topological polar surface area (TPSA) is 66.7 Å². The average molecular weight is 485 g/mol. The van der Waals surface area contributed by atoms with Crippen LogP contribution in [0, 0.1) is 5.82 Å². The Labute approximate surface area is 201 Å². The van der Waals surface area contributed by atoms with E-state index in [2.05, 4.69) is 20.7 Å². The number of hydrogen-bond acceptors (Lipinski definition) is 6.